The molecule has 3 heteroatoms. The average molecular weight is 224 g/mol. The standard InChI is InChI=1S/C13H21FN2/c1-9(2)4-5-10(3)16-13-7-6-11(15)8-12(13)14/h6-10,16H,4-5,15H2,1-3H3. The quantitative estimate of drug-likeness (QED) is 0.749. The van der Waals surface area contributed by atoms with Crippen LogP contribution in [0.4, 0.5) is 15.8 Å². The van der Waals surface area contributed by atoms with Crippen LogP contribution in [0.15, 0.2) is 18.2 Å². The molecular formula is C13H21FN2. The Bertz CT molecular complexity index is 337. The van der Waals surface area contributed by atoms with E-state index >= 15 is 0 Å². The van der Waals surface area contributed by atoms with Gasteiger partial charge in [-0.1, -0.05) is 13.8 Å². The van der Waals surface area contributed by atoms with E-state index in [1.54, 1.807) is 12.1 Å². The van der Waals surface area contributed by atoms with E-state index in [4.69, 9.17) is 5.73 Å². The zero-order valence-corrected chi connectivity index (χ0v) is 10.3. The summed E-state index contributed by atoms with van der Waals surface area (Å²) in [4.78, 5) is 0. The number of nitrogens with one attached hydrogen (secondary N) is 1. The maximum absolute atomic E-state index is 13.5. The number of nitrogen functional groups attached to an aromatic ring is 1. The highest BCUT2D eigenvalue weighted by molar-refractivity contribution is 5.52. The molecule has 0 amide bonds. The zero-order chi connectivity index (χ0) is 12.1. The van der Waals surface area contributed by atoms with E-state index in [1.165, 1.54) is 6.07 Å². The number of nitrogens with two attached hydrogens (primary N) is 1. The number of benzene rings is 1. The van der Waals surface area contributed by atoms with E-state index in [0.29, 0.717) is 17.3 Å². The van der Waals surface area contributed by atoms with Crippen molar-refractivity contribution in [3.8, 4) is 0 Å². The summed E-state index contributed by atoms with van der Waals surface area (Å²) in [5.41, 5.74) is 6.48. The molecule has 1 aromatic rings. The van der Waals surface area contributed by atoms with Crippen LogP contribution in [-0.2, 0) is 0 Å². The second kappa shape index (κ2) is 5.73. The summed E-state index contributed by atoms with van der Waals surface area (Å²) in [6.45, 7) is 6.45. The molecule has 0 saturated heterocycles. The van der Waals surface area contributed by atoms with Gasteiger partial charge in [0, 0.05) is 11.7 Å². The van der Waals surface area contributed by atoms with Crippen molar-refractivity contribution in [3.05, 3.63) is 24.0 Å². The van der Waals surface area contributed by atoms with Crippen molar-refractivity contribution >= 4 is 11.4 Å². The molecule has 0 radical (unpaired) electrons. The highest BCUT2D eigenvalue weighted by atomic mass is 19.1. The third-order valence-electron chi connectivity index (χ3n) is 2.57. The predicted octanol–water partition coefficient (Wildman–Crippen LogP) is 3.64. The third-order valence-corrected chi connectivity index (χ3v) is 2.57. The van der Waals surface area contributed by atoms with Crippen molar-refractivity contribution in [2.75, 3.05) is 11.1 Å². The Balaban J connectivity index is 2.52. The second-order valence-electron chi connectivity index (χ2n) is 4.76. The van der Waals surface area contributed by atoms with Crippen molar-refractivity contribution in [2.45, 2.75) is 39.7 Å². The van der Waals surface area contributed by atoms with Crippen LogP contribution in [0.3, 0.4) is 0 Å². The van der Waals surface area contributed by atoms with Gasteiger partial charge in [-0.05, 0) is 43.9 Å². The molecule has 1 rings (SSSR count). The first-order chi connectivity index (χ1) is 7.49. The largest absolute Gasteiger partial charge is 0.399 e. The summed E-state index contributed by atoms with van der Waals surface area (Å²) in [7, 11) is 0. The third kappa shape index (κ3) is 4.09. The Morgan fingerprint density at radius 2 is 1.94 bits per heavy atom. The lowest BCUT2D eigenvalue weighted by Crippen LogP contribution is -2.16. The summed E-state index contributed by atoms with van der Waals surface area (Å²) < 4.78 is 13.5. The van der Waals surface area contributed by atoms with Gasteiger partial charge in [-0.3, -0.25) is 0 Å². The van der Waals surface area contributed by atoms with E-state index in [2.05, 4.69) is 26.1 Å². The Kier molecular flexibility index (Phi) is 4.59. The van der Waals surface area contributed by atoms with Gasteiger partial charge >= 0.3 is 0 Å². The van der Waals surface area contributed by atoms with E-state index < -0.39 is 0 Å². The number of anilines is 2. The molecule has 0 bridgehead atoms. The average Bonchev–Trinajstić information content (AvgIpc) is 2.19. The molecule has 0 aliphatic heterocycles. The summed E-state index contributed by atoms with van der Waals surface area (Å²) >= 11 is 0. The number of hydrogen-bond donors (Lipinski definition) is 2. The van der Waals surface area contributed by atoms with Crippen LogP contribution in [-0.4, -0.2) is 6.04 Å². The van der Waals surface area contributed by atoms with Crippen LogP contribution in [0, 0.1) is 11.7 Å². The number of hydrogen-bond acceptors (Lipinski definition) is 2. The highest BCUT2D eigenvalue weighted by Crippen LogP contribution is 2.19. The van der Waals surface area contributed by atoms with Crippen LogP contribution in [0.5, 0.6) is 0 Å². The predicted molar refractivity (Wildman–Crippen MR) is 68.0 cm³/mol. The topological polar surface area (TPSA) is 38.0 Å². The van der Waals surface area contributed by atoms with Crippen molar-refractivity contribution < 1.29 is 4.39 Å². The summed E-state index contributed by atoms with van der Waals surface area (Å²) in [6.07, 6.45) is 2.19. The second-order valence-corrected chi connectivity index (χ2v) is 4.76. The summed E-state index contributed by atoms with van der Waals surface area (Å²) in [5, 5.41) is 3.16. The first kappa shape index (κ1) is 12.8. The molecule has 2 nitrogen and oxygen atoms in total. The molecule has 0 fully saturated rings. The minimum absolute atomic E-state index is 0.278. The maximum Gasteiger partial charge on any atom is 0.148 e. The van der Waals surface area contributed by atoms with E-state index in [0.717, 1.165) is 12.8 Å². The lowest BCUT2D eigenvalue weighted by molar-refractivity contribution is 0.525. The minimum atomic E-state index is -0.281. The Hall–Kier alpha value is -1.25. The molecule has 0 aliphatic carbocycles. The maximum atomic E-state index is 13.5. The Labute approximate surface area is 97.0 Å². The van der Waals surface area contributed by atoms with E-state index in [9.17, 15) is 4.39 Å². The first-order valence-corrected chi connectivity index (χ1v) is 5.80. The molecule has 0 heterocycles. The van der Waals surface area contributed by atoms with Crippen LogP contribution < -0.4 is 11.1 Å². The fourth-order valence-electron chi connectivity index (χ4n) is 1.57. The van der Waals surface area contributed by atoms with Crippen LogP contribution >= 0.6 is 0 Å². The zero-order valence-electron chi connectivity index (χ0n) is 10.3. The smallest absolute Gasteiger partial charge is 0.148 e. The van der Waals surface area contributed by atoms with Crippen molar-refractivity contribution in [2.24, 2.45) is 5.92 Å². The van der Waals surface area contributed by atoms with Gasteiger partial charge in [-0.25, -0.2) is 4.39 Å². The fourth-order valence-corrected chi connectivity index (χ4v) is 1.57. The summed E-state index contributed by atoms with van der Waals surface area (Å²) in [5.74, 6) is 0.400. The van der Waals surface area contributed by atoms with Gasteiger partial charge < -0.3 is 11.1 Å². The van der Waals surface area contributed by atoms with Gasteiger partial charge in [0.2, 0.25) is 0 Å². The van der Waals surface area contributed by atoms with Gasteiger partial charge in [0.15, 0.2) is 0 Å². The molecule has 90 valence electrons. The molecule has 0 spiro atoms. The highest BCUT2D eigenvalue weighted by Gasteiger charge is 2.07. The number of halogens is 1. The molecule has 0 saturated carbocycles. The first-order valence-electron chi connectivity index (χ1n) is 5.80. The molecule has 1 atom stereocenters. The normalized spacial score (nSPS) is 12.8. The molecule has 1 aromatic carbocycles. The molecule has 16 heavy (non-hydrogen) atoms. The van der Waals surface area contributed by atoms with Gasteiger partial charge in [0.25, 0.3) is 0 Å². The van der Waals surface area contributed by atoms with E-state index in [-0.39, 0.29) is 11.9 Å². The van der Waals surface area contributed by atoms with Gasteiger partial charge in [0.1, 0.15) is 5.82 Å². The van der Waals surface area contributed by atoms with Crippen molar-refractivity contribution in [1.82, 2.24) is 0 Å². The Morgan fingerprint density at radius 3 is 2.50 bits per heavy atom. The molecule has 0 aliphatic rings. The molecule has 3 N–H and O–H groups in total. The minimum Gasteiger partial charge on any atom is -0.399 e. The Morgan fingerprint density at radius 1 is 1.25 bits per heavy atom. The lowest BCUT2D eigenvalue weighted by Gasteiger charge is -2.17. The van der Waals surface area contributed by atoms with Crippen LogP contribution in [0.1, 0.15) is 33.6 Å². The SMILES string of the molecule is CC(C)CCC(C)Nc1ccc(N)cc1F. The van der Waals surface area contributed by atoms with E-state index in [1.807, 2.05) is 0 Å². The van der Waals surface area contributed by atoms with Crippen molar-refractivity contribution in [3.63, 3.8) is 0 Å². The molecular weight excluding hydrogens is 203 g/mol. The fraction of sp³-hybridized carbons (Fsp3) is 0.538. The monoisotopic (exact) mass is 224 g/mol. The van der Waals surface area contributed by atoms with Crippen LogP contribution in [0.25, 0.3) is 0 Å². The number of rotatable bonds is 5. The van der Waals surface area contributed by atoms with Gasteiger partial charge in [-0.15, -0.1) is 0 Å². The van der Waals surface area contributed by atoms with Gasteiger partial charge in [0.05, 0.1) is 5.69 Å². The molecule has 1 unspecified atom stereocenters. The molecule has 0 aromatic heterocycles. The summed E-state index contributed by atoms with van der Waals surface area (Å²) in [6, 6.07) is 5.02. The lowest BCUT2D eigenvalue weighted by atomic mass is 10.0. The van der Waals surface area contributed by atoms with Gasteiger partial charge in [-0.2, -0.15) is 0 Å². The van der Waals surface area contributed by atoms with Crippen LogP contribution in [0.2, 0.25) is 0 Å². The van der Waals surface area contributed by atoms with Crippen molar-refractivity contribution in [1.29, 1.82) is 0 Å².